The number of nitrogens with one attached hydrogen (secondary N) is 2. The summed E-state index contributed by atoms with van der Waals surface area (Å²) in [4.78, 5) is 24.4. The van der Waals surface area contributed by atoms with E-state index in [4.69, 9.17) is 0 Å². The SMILES string of the molecule is CN(C)S(=O)(=O)c1ccc(C(=O)Nc2cccc3c2C(=O)NC3)cc1. The number of sulfonamides is 1. The minimum Gasteiger partial charge on any atom is -0.348 e. The van der Waals surface area contributed by atoms with Gasteiger partial charge < -0.3 is 10.6 Å². The molecule has 2 aromatic carbocycles. The number of carbonyl (C=O) groups is 2. The van der Waals surface area contributed by atoms with Crippen molar-refractivity contribution in [3.8, 4) is 0 Å². The normalized spacial score (nSPS) is 13.5. The molecule has 2 amide bonds. The second-order valence-electron chi connectivity index (χ2n) is 5.79. The molecule has 2 aromatic rings. The lowest BCUT2D eigenvalue weighted by atomic mass is 10.1. The number of anilines is 1. The second kappa shape index (κ2) is 6.30. The van der Waals surface area contributed by atoms with E-state index in [1.807, 2.05) is 6.07 Å². The highest BCUT2D eigenvalue weighted by Gasteiger charge is 2.23. The van der Waals surface area contributed by atoms with Crippen LogP contribution in [0.5, 0.6) is 0 Å². The Balaban J connectivity index is 1.84. The Bertz CT molecular complexity index is 950. The van der Waals surface area contributed by atoms with Crippen molar-refractivity contribution in [3.05, 3.63) is 59.2 Å². The zero-order valence-corrected chi connectivity index (χ0v) is 14.6. The van der Waals surface area contributed by atoms with Crippen LogP contribution in [-0.4, -0.2) is 38.6 Å². The van der Waals surface area contributed by atoms with Crippen molar-refractivity contribution in [2.45, 2.75) is 11.4 Å². The number of nitrogens with zero attached hydrogens (tertiary/aromatic N) is 1. The van der Waals surface area contributed by atoms with Gasteiger partial charge in [0.15, 0.2) is 0 Å². The highest BCUT2D eigenvalue weighted by atomic mass is 32.2. The van der Waals surface area contributed by atoms with Crippen LogP contribution in [0.1, 0.15) is 26.3 Å². The Kier molecular flexibility index (Phi) is 4.32. The molecule has 7 nitrogen and oxygen atoms in total. The predicted molar refractivity (Wildman–Crippen MR) is 92.9 cm³/mol. The predicted octanol–water partition coefficient (Wildman–Crippen LogP) is 1.43. The maximum Gasteiger partial charge on any atom is 0.255 e. The number of amides is 2. The number of benzene rings is 2. The minimum absolute atomic E-state index is 0.106. The second-order valence-corrected chi connectivity index (χ2v) is 7.94. The number of hydrogen-bond acceptors (Lipinski definition) is 4. The largest absolute Gasteiger partial charge is 0.348 e. The molecule has 1 heterocycles. The van der Waals surface area contributed by atoms with Crippen molar-refractivity contribution in [1.29, 1.82) is 0 Å². The van der Waals surface area contributed by atoms with E-state index in [2.05, 4.69) is 10.6 Å². The molecule has 1 aliphatic heterocycles. The molecule has 0 saturated heterocycles. The molecule has 130 valence electrons. The Morgan fingerprint density at radius 2 is 1.80 bits per heavy atom. The van der Waals surface area contributed by atoms with Crippen LogP contribution >= 0.6 is 0 Å². The summed E-state index contributed by atoms with van der Waals surface area (Å²) in [6, 6.07) is 10.9. The van der Waals surface area contributed by atoms with Gasteiger partial charge in [0, 0.05) is 26.2 Å². The molecule has 0 atom stereocenters. The maximum absolute atomic E-state index is 12.4. The molecule has 1 aliphatic rings. The van der Waals surface area contributed by atoms with Gasteiger partial charge in [-0.15, -0.1) is 0 Å². The van der Waals surface area contributed by atoms with Gasteiger partial charge in [-0.2, -0.15) is 0 Å². The Labute approximate surface area is 145 Å². The standard InChI is InChI=1S/C17H17N3O4S/c1-20(2)25(23,24)13-8-6-11(7-9-13)16(21)19-14-5-3-4-12-10-18-17(22)15(12)14/h3-9H,10H2,1-2H3,(H,18,22)(H,19,21). The Hall–Kier alpha value is -2.71. The summed E-state index contributed by atoms with van der Waals surface area (Å²) in [5.41, 5.74) is 2.02. The van der Waals surface area contributed by atoms with Crippen molar-refractivity contribution in [1.82, 2.24) is 9.62 Å². The van der Waals surface area contributed by atoms with Crippen LogP contribution in [0.4, 0.5) is 5.69 Å². The number of rotatable bonds is 4. The first kappa shape index (κ1) is 17.1. The topological polar surface area (TPSA) is 95.6 Å². The molecule has 25 heavy (non-hydrogen) atoms. The van der Waals surface area contributed by atoms with E-state index in [1.54, 1.807) is 12.1 Å². The third kappa shape index (κ3) is 3.13. The number of carbonyl (C=O) groups excluding carboxylic acids is 2. The van der Waals surface area contributed by atoms with Gasteiger partial charge in [-0.1, -0.05) is 12.1 Å². The summed E-state index contributed by atoms with van der Waals surface area (Å²) >= 11 is 0. The summed E-state index contributed by atoms with van der Waals surface area (Å²) in [5, 5.41) is 5.42. The third-order valence-electron chi connectivity index (χ3n) is 3.96. The molecular formula is C17H17N3O4S. The lowest BCUT2D eigenvalue weighted by Crippen LogP contribution is -2.22. The average Bonchev–Trinajstić information content (AvgIpc) is 2.97. The summed E-state index contributed by atoms with van der Waals surface area (Å²) in [6.07, 6.45) is 0. The highest BCUT2D eigenvalue weighted by Crippen LogP contribution is 2.25. The van der Waals surface area contributed by atoms with Gasteiger partial charge in [0.25, 0.3) is 11.8 Å². The van der Waals surface area contributed by atoms with E-state index in [0.717, 1.165) is 9.87 Å². The number of hydrogen-bond donors (Lipinski definition) is 2. The van der Waals surface area contributed by atoms with Crippen LogP contribution in [0.25, 0.3) is 0 Å². The summed E-state index contributed by atoms with van der Waals surface area (Å²) in [6.45, 7) is 0.439. The molecule has 8 heteroatoms. The quantitative estimate of drug-likeness (QED) is 0.863. The zero-order valence-electron chi connectivity index (χ0n) is 13.7. The molecular weight excluding hydrogens is 342 g/mol. The highest BCUT2D eigenvalue weighted by molar-refractivity contribution is 7.89. The van der Waals surface area contributed by atoms with Crippen LogP contribution in [0, 0.1) is 0 Å². The smallest absolute Gasteiger partial charge is 0.255 e. The van der Waals surface area contributed by atoms with E-state index < -0.39 is 15.9 Å². The van der Waals surface area contributed by atoms with Gasteiger partial charge in [-0.25, -0.2) is 12.7 Å². The molecule has 0 aromatic heterocycles. The van der Waals surface area contributed by atoms with E-state index in [-0.39, 0.29) is 10.8 Å². The van der Waals surface area contributed by atoms with E-state index >= 15 is 0 Å². The van der Waals surface area contributed by atoms with Crippen molar-refractivity contribution in [2.75, 3.05) is 19.4 Å². The fourth-order valence-corrected chi connectivity index (χ4v) is 3.47. The number of fused-ring (bicyclic) bond motifs is 1. The van der Waals surface area contributed by atoms with Gasteiger partial charge >= 0.3 is 0 Å². The first-order chi connectivity index (χ1) is 11.8. The third-order valence-corrected chi connectivity index (χ3v) is 5.79. The van der Waals surface area contributed by atoms with Gasteiger partial charge in [-0.3, -0.25) is 9.59 Å². The first-order valence-corrected chi connectivity index (χ1v) is 8.99. The van der Waals surface area contributed by atoms with Crippen molar-refractivity contribution >= 4 is 27.5 Å². The summed E-state index contributed by atoms with van der Waals surface area (Å²) in [5.74, 6) is -0.639. The van der Waals surface area contributed by atoms with Crippen molar-refractivity contribution < 1.29 is 18.0 Å². The molecule has 0 fully saturated rings. The van der Waals surface area contributed by atoms with E-state index in [0.29, 0.717) is 23.4 Å². The molecule has 0 saturated carbocycles. The van der Waals surface area contributed by atoms with Crippen LogP contribution in [0.15, 0.2) is 47.4 Å². The molecule has 0 bridgehead atoms. The van der Waals surface area contributed by atoms with Crippen molar-refractivity contribution in [3.63, 3.8) is 0 Å². The molecule has 2 N–H and O–H groups in total. The van der Waals surface area contributed by atoms with Gasteiger partial charge in [-0.05, 0) is 35.9 Å². The van der Waals surface area contributed by atoms with Gasteiger partial charge in [0.1, 0.15) is 0 Å². The first-order valence-electron chi connectivity index (χ1n) is 7.55. The molecule has 0 unspecified atom stereocenters. The van der Waals surface area contributed by atoms with Crippen LogP contribution in [0.3, 0.4) is 0 Å². The molecule has 3 rings (SSSR count). The van der Waals surface area contributed by atoms with E-state index in [1.165, 1.54) is 38.4 Å². The molecule has 0 radical (unpaired) electrons. The van der Waals surface area contributed by atoms with Crippen LogP contribution in [0.2, 0.25) is 0 Å². The molecule has 0 aliphatic carbocycles. The van der Waals surface area contributed by atoms with Gasteiger partial charge in [0.2, 0.25) is 10.0 Å². The molecule has 0 spiro atoms. The lowest BCUT2D eigenvalue weighted by molar-refractivity contribution is 0.0966. The Morgan fingerprint density at radius 1 is 1.12 bits per heavy atom. The summed E-state index contributed by atoms with van der Waals surface area (Å²) in [7, 11) is -0.662. The summed E-state index contributed by atoms with van der Waals surface area (Å²) < 4.78 is 25.2. The Morgan fingerprint density at radius 3 is 2.44 bits per heavy atom. The fourth-order valence-electron chi connectivity index (χ4n) is 2.57. The van der Waals surface area contributed by atoms with E-state index in [9.17, 15) is 18.0 Å². The lowest BCUT2D eigenvalue weighted by Gasteiger charge is -2.12. The van der Waals surface area contributed by atoms with Crippen LogP contribution in [-0.2, 0) is 16.6 Å². The minimum atomic E-state index is -3.54. The average molecular weight is 359 g/mol. The monoisotopic (exact) mass is 359 g/mol. The fraction of sp³-hybridized carbons (Fsp3) is 0.176. The van der Waals surface area contributed by atoms with Crippen LogP contribution < -0.4 is 10.6 Å². The van der Waals surface area contributed by atoms with Crippen molar-refractivity contribution in [2.24, 2.45) is 0 Å². The van der Waals surface area contributed by atoms with Gasteiger partial charge in [0.05, 0.1) is 16.1 Å². The zero-order chi connectivity index (χ0) is 18.2. The maximum atomic E-state index is 12.4.